The summed E-state index contributed by atoms with van der Waals surface area (Å²) in [5.74, 6) is 0.0185. The van der Waals surface area contributed by atoms with E-state index in [4.69, 9.17) is 11.6 Å². The number of halogens is 1. The Balaban J connectivity index is 2.67. The summed E-state index contributed by atoms with van der Waals surface area (Å²) in [5.41, 5.74) is 0.437. The first-order valence-electron chi connectivity index (χ1n) is 2.95. The molecule has 1 rings (SSSR count). The number of rotatable bonds is 2. The SMILES string of the molecule is C=C(C(=O)Cl)C1C=CC=C1. The maximum atomic E-state index is 10.5. The summed E-state index contributed by atoms with van der Waals surface area (Å²) >= 11 is 5.20. The lowest BCUT2D eigenvalue weighted by molar-refractivity contribution is -0.108. The molecular weight excluding hydrogens is 148 g/mol. The average Bonchev–Trinajstić information content (AvgIpc) is 2.36. The van der Waals surface area contributed by atoms with Crippen molar-refractivity contribution in [1.82, 2.24) is 0 Å². The molecule has 0 unspecified atom stereocenters. The molecule has 0 spiro atoms. The fourth-order valence-electron chi connectivity index (χ4n) is 0.795. The van der Waals surface area contributed by atoms with Crippen molar-refractivity contribution in [3.63, 3.8) is 0 Å². The molecule has 2 heteroatoms. The largest absolute Gasteiger partial charge is 0.276 e. The predicted octanol–water partition coefficient (Wildman–Crippen LogP) is 2.05. The van der Waals surface area contributed by atoms with Crippen molar-refractivity contribution in [1.29, 1.82) is 0 Å². The molecule has 0 aromatic rings. The van der Waals surface area contributed by atoms with Crippen LogP contribution in [0.1, 0.15) is 0 Å². The van der Waals surface area contributed by atoms with Crippen LogP contribution in [0.4, 0.5) is 0 Å². The zero-order valence-electron chi connectivity index (χ0n) is 5.38. The summed E-state index contributed by atoms with van der Waals surface area (Å²) in [6.45, 7) is 3.55. The molecule has 0 bridgehead atoms. The Hall–Kier alpha value is -0.820. The summed E-state index contributed by atoms with van der Waals surface area (Å²) in [7, 11) is 0. The Kier molecular flexibility index (Phi) is 2.07. The van der Waals surface area contributed by atoms with Gasteiger partial charge >= 0.3 is 0 Å². The van der Waals surface area contributed by atoms with Crippen molar-refractivity contribution in [2.75, 3.05) is 0 Å². The normalized spacial score (nSPS) is 16.1. The highest BCUT2D eigenvalue weighted by atomic mass is 35.5. The Morgan fingerprint density at radius 2 is 1.90 bits per heavy atom. The van der Waals surface area contributed by atoms with Crippen molar-refractivity contribution in [3.05, 3.63) is 36.5 Å². The lowest BCUT2D eigenvalue weighted by atomic mass is 10.0. The van der Waals surface area contributed by atoms with Crippen molar-refractivity contribution < 1.29 is 4.79 Å². The molecule has 0 amide bonds. The van der Waals surface area contributed by atoms with E-state index in [0.29, 0.717) is 5.57 Å². The van der Waals surface area contributed by atoms with Crippen molar-refractivity contribution >= 4 is 16.8 Å². The third-order valence-corrected chi connectivity index (χ3v) is 1.65. The van der Waals surface area contributed by atoms with Crippen molar-refractivity contribution in [2.24, 2.45) is 5.92 Å². The highest BCUT2D eigenvalue weighted by molar-refractivity contribution is 6.67. The van der Waals surface area contributed by atoms with Gasteiger partial charge in [0.1, 0.15) is 0 Å². The molecule has 0 atom stereocenters. The van der Waals surface area contributed by atoms with E-state index in [1.54, 1.807) is 0 Å². The molecule has 10 heavy (non-hydrogen) atoms. The topological polar surface area (TPSA) is 17.1 Å². The standard InChI is InChI=1S/C8H7ClO/c1-6(8(9)10)7-4-2-3-5-7/h2-5,7H,1H2. The van der Waals surface area contributed by atoms with Crippen LogP contribution in [0.15, 0.2) is 36.5 Å². The van der Waals surface area contributed by atoms with Crippen LogP contribution >= 0.6 is 11.6 Å². The van der Waals surface area contributed by atoms with Crippen LogP contribution in [0.3, 0.4) is 0 Å². The van der Waals surface area contributed by atoms with Gasteiger partial charge in [-0.1, -0.05) is 30.9 Å². The Morgan fingerprint density at radius 1 is 1.40 bits per heavy atom. The van der Waals surface area contributed by atoms with Crippen LogP contribution < -0.4 is 0 Å². The smallest absolute Gasteiger partial charge is 0.248 e. The molecule has 0 heterocycles. The second-order valence-corrected chi connectivity index (χ2v) is 2.44. The van der Waals surface area contributed by atoms with Crippen LogP contribution in [0, 0.1) is 5.92 Å². The molecule has 0 N–H and O–H groups in total. The number of hydrogen-bond acceptors (Lipinski definition) is 1. The highest BCUT2D eigenvalue weighted by Gasteiger charge is 2.12. The van der Waals surface area contributed by atoms with Crippen LogP contribution in [0.25, 0.3) is 0 Å². The van der Waals surface area contributed by atoms with E-state index in [1.165, 1.54) is 0 Å². The molecule has 0 aliphatic heterocycles. The minimum atomic E-state index is -0.457. The Bertz CT molecular complexity index is 213. The van der Waals surface area contributed by atoms with Gasteiger partial charge in [-0.15, -0.1) is 0 Å². The quantitative estimate of drug-likeness (QED) is 0.440. The molecule has 1 aliphatic rings. The fourth-order valence-corrected chi connectivity index (χ4v) is 0.921. The Morgan fingerprint density at radius 3 is 2.30 bits per heavy atom. The maximum absolute atomic E-state index is 10.5. The third kappa shape index (κ3) is 1.36. The first-order chi connectivity index (χ1) is 4.72. The second kappa shape index (κ2) is 2.84. The second-order valence-electron chi connectivity index (χ2n) is 2.09. The highest BCUT2D eigenvalue weighted by Crippen LogP contribution is 2.18. The van der Waals surface area contributed by atoms with Crippen LogP contribution in [-0.4, -0.2) is 5.24 Å². The number of hydrogen-bond donors (Lipinski definition) is 0. The van der Waals surface area contributed by atoms with Gasteiger partial charge in [-0.2, -0.15) is 0 Å². The molecule has 0 saturated carbocycles. The van der Waals surface area contributed by atoms with Gasteiger partial charge in [-0.05, 0) is 11.6 Å². The van der Waals surface area contributed by atoms with Crippen LogP contribution in [-0.2, 0) is 4.79 Å². The zero-order valence-corrected chi connectivity index (χ0v) is 6.14. The molecule has 1 aliphatic carbocycles. The van der Waals surface area contributed by atoms with Gasteiger partial charge in [0.2, 0.25) is 5.24 Å². The lowest BCUT2D eigenvalue weighted by Gasteiger charge is -2.02. The van der Waals surface area contributed by atoms with E-state index in [-0.39, 0.29) is 5.92 Å². The summed E-state index contributed by atoms with van der Waals surface area (Å²) in [5, 5.41) is -0.457. The van der Waals surface area contributed by atoms with E-state index in [9.17, 15) is 4.79 Å². The minimum absolute atomic E-state index is 0.0185. The van der Waals surface area contributed by atoms with Crippen LogP contribution in [0.5, 0.6) is 0 Å². The third-order valence-electron chi connectivity index (χ3n) is 1.40. The first-order valence-corrected chi connectivity index (χ1v) is 3.33. The van der Waals surface area contributed by atoms with Gasteiger partial charge in [0.15, 0.2) is 0 Å². The maximum Gasteiger partial charge on any atom is 0.248 e. The predicted molar refractivity (Wildman–Crippen MR) is 41.8 cm³/mol. The number of carbonyl (C=O) groups excluding carboxylic acids is 1. The van der Waals surface area contributed by atoms with E-state index in [2.05, 4.69) is 6.58 Å². The van der Waals surface area contributed by atoms with Gasteiger partial charge < -0.3 is 0 Å². The molecule has 1 nitrogen and oxygen atoms in total. The summed E-state index contributed by atoms with van der Waals surface area (Å²) in [6, 6.07) is 0. The number of carbonyl (C=O) groups is 1. The summed E-state index contributed by atoms with van der Waals surface area (Å²) in [6.07, 6.45) is 7.50. The van der Waals surface area contributed by atoms with Gasteiger partial charge in [-0.25, -0.2) is 0 Å². The van der Waals surface area contributed by atoms with Gasteiger partial charge in [0.25, 0.3) is 0 Å². The lowest BCUT2D eigenvalue weighted by Crippen LogP contribution is -2.00. The average molecular weight is 155 g/mol. The molecule has 0 fully saturated rings. The first kappa shape index (κ1) is 7.29. The van der Waals surface area contributed by atoms with Crippen LogP contribution in [0.2, 0.25) is 0 Å². The number of allylic oxidation sites excluding steroid dienone is 5. The van der Waals surface area contributed by atoms with E-state index in [1.807, 2.05) is 24.3 Å². The van der Waals surface area contributed by atoms with E-state index < -0.39 is 5.24 Å². The Labute approximate surface area is 64.7 Å². The van der Waals surface area contributed by atoms with Gasteiger partial charge in [-0.3, -0.25) is 4.79 Å². The molecular formula is C8H7ClO. The van der Waals surface area contributed by atoms with Gasteiger partial charge in [0.05, 0.1) is 0 Å². The van der Waals surface area contributed by atoms with E-state index in [0.717, 1.165) is 0 Å². The monoisotopic (exact) mass is 154 g/mol. The molecule has 52 valence electrons. The fraction of sp³-hybridized carbons (Fsp3) is 0.125. The molecule has 0 aromatic carbocycles. The van der Waals surface area contributed by atoms with E-state index >= 15 is 0 Å². The summed E-state index contributed by atoms with van der Waals surface area (Å²) < 4.78 is 0. The molecule has 0 radical (unpaired) electrons. The minimum Gasteiger partial charge on any atom is -0.276 e. The molecule has 0 saturated heterocycles. The van der Waals surface area contributed by atoms with Crippen molar-refractivity contribution in [2.45, 2.75) is 0 Å². The van der Waals surface area contributed by atoms with Gasteiger partial charge in [0, 0.05) is 11.5 Å². The molecule has 0 aromatic heterocycles. The van der Waals surface area contributed by atoms with Crippen molar-refractivity contribution in [3.8, 4) is 0 Å². The summed E-state index contributed by atoms with van der Waals surface area (Å²) in [4.78, 5) is 10.5. The zero-order chi connectivity index (χ0) is 7.56.